The number of carbonyl (C=O) groups excluding carboxylic acids is 2. The molecule has 1 N–H and O–H groups in total. The van der Waals surface area contributed by atoms with Crippen molar-refractivity contribution in [3.8, 4) is 0 Å². The van der Waals surface area contributed by atoms with Crippen molar-refractivity contribution >= 4 is 24.2 Å². The highest BCUT2D eigenvalue weighted by molar-refractivity contribution is 5.89. The molecule has 0 aromatic rings. The molecule has 2 rings (SSSR count). The van der Waals surface area contributed by atoms with Crippen LogP contribution in [0.3, 0.4) is 0 Å². The summed E-state index contributed by atoms with van der Waals surface area (Å²) in [4.78, 5) is 28.3. The molecule has 0 bridgehead atoms. The van der Waals surface area contributed by atoms with E-state index in [1.54, 1.807) is 17.1 Å². The van der Waals surface area contributed by atoms with E-state index in [1.807, 2.05) is 4.90 Å². The van der Waals surface area contributed by atoms with Crippen molar-refractivity contribution in [1.82, 2.24) is 15.1 Å². The summed E-state index contributed by atoms with van der Waals surface area (Å²) < 4.78 is 0. The van der Waals surface area contributed by atoms with E-state index >= 15 is 0 Å². The maximum atomic E-state index is 12.4. The van der Waals surface area contributed by atoms with Crippen molar-refractivity contribution in [3.05, 3.63) is 25.3 Å². The summed E-state index contributed by atoms with van der Waals surface area (Å²) in [5.41, 5.74) is 0. The normalized spacial score (nSPS) is 21.0. The van der Waals surface area contributed by atoms with Crippen molar-refractivity contribution in [3.63, 3.8) is 0 Å². The first-order chi connectivity index (χ1) is 10.2. The zero-order valence-corrected chi connectivity index (χ0v) is 13.8. The fourth-order valence-electron chi connectivity index (χ4n) is 2.64. The Labute approximate surface area is 138 Å². The van der Waals surface area contributed by atoms with Crippen LogP contribution < -0.4 is 5.32 Å². The highest BCUT2D eigenvalue weighted by Crippen LogP contribution is 2.30. The second kappa shape index (κ2) is 8.96. The van der Waals surface area contributed by atoms with Crippen LogP contribution in [0.15, 0.2) is 25.3 Å². The molecule has 6 heteroatoms. The first-order valence-electron chi connectivity index (χ1n) is 7.67. The van der Waals surface area contributed by atoms with Gasteiger partial charge < -0.3 is 15.1 Å². The molecule has 0 radical (unpaired) electrons. The first-order valence-corrected chi connectivity index (χ1v) is 7.67. The molecule has 124 valence electrons. The third kappa shape index (κ3) is 5.14. The van der Waals surface area contributed by atoms with Crippen LogP contribution in [0.25, 0.3) is 0 Å². The van der Waals surface area contributed by atoms with Crippen LogP contribution in [0.2, 0.25) is 0 Å². The molecule has 1 saturated carbocycles. The van der Waals surface area contributed by atoms with E-state index in [0.717, 1.165) is 19.6 Å². The third-order valence-electron chi connectivity index (χ3n) is 3.99. The summed E-state index contributed by atoms with van der Waals surface area (Å²) in [6.07, 6.45) is 6.05. The molecule has 2 fully saturated rings. The zero-order valence-electron chi connectivity index (χ0n) is 13.0. The van der Waals surface area contributed by atoms with Gasteiger partial charge in [-0.3, -0.25) is 9.59 Å². The quantitative estimate of drug-likeness (QED) is 0.682. The lowest BCUT2D eigenvalue weighted by molar-refractivity contribution is -0.140. The summed E-state index contributed by atoms with van der Waals surface area (Å²) >= 11 is 0. The second-order valence-corrected chi connectivity index (χ2v) is 5.81. The molecule has 0 aromatic carbocycles. The Morgan fingerprint density at radius 1 is 1.32 bits per heavy atom. The predicted molar refractivity (Wildman–Crippen MR) is 89.9 cm³/mol. The standard InChI is InChI=1S/C16H25N3O2.ClH/c1-3-8-18(9-4-2)15(20)11-14-16(21)19(10-7-17-14)12-13-5-6-13;/h3-4,13-14,17H,1-2,5-12H2;1H. The van der Waals surface area contributed by atoms with Crippen molar-refractivity contribution in [2.75, 3.05) is 32.7 Å². The van der Waals surface area contributed by atoms with Gasteiger partial charge in [0, 0.05) is 32.7 Å². The van der Waals surface area contributed by atoms with Crippen LogP contribution >= 0.6 is 12.4 Å². The number of nitrogens with zero attached hydrogens (tertiary/aromatic N) is 2. The van der Waals surface area contributed by atoms with Gasteiger partial charge in [-0.2, -0.15) is 0 Å². The summed E-state index contributed by atoms with van der Waals surface area (Å²) in [7, 11) is 0. The molecule has 1 saturated heterocycles. The number of carbonyl (C=O) groups is 2. The lowest BCUT2D eigenvalue weighted by atomic mass is 10.1. The summed E-state index contributed by atoms with van der Waals surface area (Å²) in [5, 5.41) is 3.17. The minimum Gasteiger partial charge on any atom is -0.340 e. The Bertz CT molecular complexity index is 414. The van der Waals surface area contributed by atoms with Gasteiger partial charge in [0.2, 0.25) is 11.8 Å². The van der Waals surface area contributed by atoms with Gasteiger partial charge in [-0.05, 0) is 18.8 Å². The van der Waals surface area contributed by atoms with Gasteiger partial charge in [-0.25, -0.2) is 0 Å². The number of piperazine rings is 1. The fourth-order valence-corrected chi connectivity index (χ4v) is 2.64. The van der Waals surface area contributed by atoms with E-state index < -0.39 is 0 Å². The predicted octanol–water partition coefficient (Wildman–Crippen LogP) is 1.21. The van der Waals surface area contributed by atoms with E-state index in [2.05, 4.69) is 18.5 Å². The van der Waals surface area contributed by atoms with Crippen LogP contribution in [0.1, 0.15) is 19.3 Å². The monoisotopic (exact) mass is 327 g/mol. The Hall–Kier alpha value is -1.33. The largest absolute Gasteiger partial charge is 0.340 e. The molecule has 0 spiro atoms. The second-order valence-electron chi connectivity index (χ2n) is 5.81. The molecule has 5 nitrogen and oxygen atoms in total. The molecule has 0 aromatic heterocycles. The van der Waals surface area contributed by atoms with Crippen molar-refractivity contribution in [2.24, 2.45) is 5.92 Å². The van der Waals surface area contributed by atoms with Crippen molar-refractivity contribution in [2.45, 2.75) is 25.3 Å². The molecule has 1 atom stereocenters. The molecule has 1 heterocycles. The van der Waals surface area contributed by atoms with E-state index in [4.69, 9.17) is 0 Å². The maximum Gasteiger partial charge on any atom is 0.240 e. The highest BCUT2D eigenvalue weighted by atomic mass is 35.5. The van der Waals surface area contributed by atoms with Gasteiger partial charge in [0.05, 0.1) is 12.5 Å². The molecule has 22 heavy (non-hydrogen) atoms. The Morgan fingerprint density at radius 2 is 1.95 bits per heavy atom. The molecule has 1 unspecified atom stereocenters. The van der Waals surface area contributed by atoms with Crippen LogP contribution in [-0.2, 0) is 9.59 Å². The Balaban J connectivity index is 0.00000242. The number of nitrogens with one attached hydrogen (secondary N) is 1. The average molecular weight is 328 g/mol. The first kappa shape index (κ1) is 18.7. The smallest absolute Gasteiger partial charge is 0.240 e. The van der Waals surface area contributed by atoms with Gasteiger partial charge >= 0.3 is 0 Å². The van der Waals surface area contributed by atoms with Crippen LogP contribution in [0, 0.1) is 5.92 Å². The summed E-state index contributed by atoms with van der Waals surface area (Å²) in [6, 6.07) is -0.387. The van der Waals surface area contributed by atoms with Gasteiger partial charge in [-0.15, -0.1) is 25.6 Å². The number of rotatable bonds is 8. The number of hydrogen-bond donors (Lipinski definition) is 1. The molecule has 2 amide bonds. The lowest BCUT2D eigenvalue weighted by Crippen LogP contribution is -2.56. The minimum atomic E-state index is -0.387. The third-order valence-corrected chi connectivity index (χ3v) is 3.99. The lowest BCUT2D eigenvalue weighted by Gasteiger charge is -2.34. The van der Waals surface area contributed by atoms with Gasteiger partial charge in [-0.1, -0.05) is 12.2 Å². The Kier molecular flexibility index (Phi) is 7.62. The average Bonchev–Trinajstić information content (AvgIpc) is 3.27. The summed E-state index contributed by atoms with van der Waals surface area (Å²) in [5.74, 6) is 0.717. The van der Waals surface area contributed by atoms with E-state index in [9.17, 15) is 9.59 Å². The number of halogens is 1. The van der Waals surface area contributed by atoms with E-state index in [1.165, 1.54) is 12.8 Å². The number of hydrogen-bond acceptors (Lipinski definition) is 3. The van der Waals surface area contributed by atoms with Crippen LogP contribution in [0.5, 0.6) is 0 Å². The highest BCUT2D eigenvalue weighted by Gasteiger charge is 2.34. The molecule has 1 aliphatic heterocycles. The minimum absolute atomic E-state index is 0. The summed E-state index contributed by atoms with van der Waals surface area (Å²) in [6.45, 7) is 10.7. The van der Waals surface area contributed by atoms with Gasteiger partial charge in [0.25, 0.3) is 0 Å². The number of amides is 2. The topological polar surface area (TPSA) is 52.7 Å². The molecule has 1 aliphatic carbocycles. The van der Waals surface area contributed by atoms with Crippen LogP contribution in [0.4, 0.5) is 0 Å². The Morgan fingerprint density at radius 3 is 2.50 bits per heavy atom. The van der Waals surface area contributed by atoms with Gasteiger partial charge in [0.1, 0.15) is 0 Å². The maximum absolute atomic E-state index is 12.4. The molecule has 2 aliphatic rings. The fraction of sp³-hybridized carbons (Fsp3) is 0.625. The molecular weight excluding hydrogens is 302 g/mol. The van der Waals surface area contributed by atoms with E-state index in [-0.39, 0.29) is 36.7 Å². The van der Waals surface area contributed by atoms with Crippen molar-refractivity contribution < 1.29 is 9.59 Å². The SMILES string of the molecule is C=CCN(CC=C)C(=O)CC1NCCN(CC2CC2)C1=O.Cl. The zero-order chi connectivity index (χ0) is 15.2. The van der Waals surface area contributed by atoms with E-state index in [0.29, 0.717) is 19.0 Å². The van der Waals surface area contributed by atoms with Crippen LogP contribution in [-0.4, -0.2) is 60.4 Å². The van der Waals surface area contributed by atoms with Crippen molar-refractivity contribution in [1.29, 1.82) is 0 Å². The molecular formula is C16H26ClN3O2. The van der Waals surface area contributed by atoms with Gasteiger partial charge in [0.15, 0.2) is 0 Å².